The zero-order valence-electron chi connectivity index (χ0n) is 8.28. The fourth-order valence-electron chi connectivity index (χ4n) is 1.51. The number of hydrogen-bond donors (Lipinski definition) is 0. The highest BCUT2D eigenvalue weighted by Gasteiger charge is 2.17. The molecule has 0 radical (unpaired) electrons. The summed E-state index contributed by atoms with van der Waals surface area (Å²) < 4.78 is 2.00. The van der Waals surface area contributed by atoms with Crippen LogP contribution in [0.3, 0.4) is 0 Å². The van der Waals surface area contributed by atoms with Gasteiger partial charge in [-0.1, -0.05) is 20.8 Å². The Hall–Kier alpha value is -1.31. The van der Waals surface area contributed by atoms with Crippen LogP contribution in [-0.4, -0.2) is 9.61 Å². The maximum atomic E-state index is 4.32. The lowest BCUT2D eigenvalue weighted by atomic mass is 9.93. The summed E-state index contributed by atoms with van der Waals surface area (Å²) in [5.74, 6) is 0. The Morgan fingerprint density at radius 3 is 2.62 bits per heavy atom. The van der Waals surface area contributed by atoms with E-state index in [1.165, 1.54) is 5.69 Å². The third-order valence-electron chi connectivity index (χ3n) is 2.19. The van der Waals surface area contributed by atoms with Gasteiger partial charge in [0, 0.05) is 17.3 Å². The molecular formula is C11H14N2. The molecule has 2 heterocycles. The van der Waals surface area contributed by atoms with Gasteiger partial charge < -0.3 is 0 Å². The van der Waals surface area contributed by atoms with Crippen molar-refractivity contribution in [3.8, 4) is 0 Å². The third-order valence-corrected chi connectivity index (χ3v) is 2.19. The smallest absolute Gasteiger partial charge is 0.0650 e. The number of fused-ring (bicyclic) bond motifs is 1. The second-order valence-electron chi connectivity index (χ2n) is 4.33. The summed E-state index contributed by atoms with van der Waals surface area (Å²) in [5.41, 5.74) is 2.57. The molecule has 0 aliphatic rings. The highest BCUT2D eigenvalue weighted by molar-refractivity contribution is 5.48. The van der Waals surface area contributed by atoms with Gasteiger partial charge in [0.25, 0.3) is 0 Å². The predicted octanol–water partition coefficient (Wildman–Crippen LogP) is 2.63. The monoisotopic (exact) mass is 174 g/mol. The minimum atomic E-state index is 0.154. The van der Waals surface area contributed by atoms with E-state index < -0.39 is 0 Å². The molecule has 0 aromatic carbocycles. The first-order valence-corrected chi connectivity index (χ1v) is 4.52. The van der Waals surface area contributed by atoms with E-state index in [2.05, 4.69) is 44.1 Å². The first-order chi connectivity index (χ1) is 6.09. The summed E-state index contributed by atoms with van der Waals surface area (Å²) >= 11 is 0. The molecule has 0 saturated carbocycles. The molecule has 2 aromatic heterocycles. The fourth-order valence-corrected chi connectivity index (χ4v) is 1.51. The maximum absolute atomic E-state index is 4.32. The van der Waals surface area contributed by atoms with Crippen molar-refractivity contribution in [3.05, 3.63) is 36.2 Å². The number of aromatic nitrogens is 2. The highest BCUT2D eigenvalue weighted by Crippen LogP contribution is 2.23. The lowest BCUT2D eigenvalue weighted by Gasteiger charge is -2.17. The Bertz CT molecular complexity index is 421. The largest absolute Gasteiger partial charge is 0.237 e. The molecule has 0 bridgehead atoms. The Kier molecular flexibility index (Phi) is 1.65. The molecule has 13 heavy (non-hydrogen) atoms. The summed E-state index contributed by atoms with van der Waals surface area (Å²) in [4.78, 5) is 0. The van der Waals surface area contributed by atoms with Gasteiger partial charge >= 0.3 is 0 Å². The fraction of sp³-hybridized carbons (Fsp3) is 0.364. The summed E-state index contributed by atoms with van der Waals surface area (Å²) in [5, 5.41) is 4.32. The van der Waals surface area contributed by atoms with Crippen molar-refractivity contribution < 1.29 is 0 Å². The number of nitrogens with zero attached hydrogens (tertiary/aromatic N) is 2. The van der Waals surface area contributed by atoms with E-state index in [-0.39, 0.29) is 5.41 Å². The van der Waals surface area contributed by atoms with Gasteiger partial charge in [0.1, 0.15) is 0 Å². The first-order valence-electron chi connectivity index (χ1n) is 4.52. The lowest BCUT2D eigenvalue weighted by molar-refractivity contribution is 0.551. The van der Waals surface area contributed by atoms with E-state index in [1.54, 1.807) is 0 Å². The van der Waals surface area contributed by atoms with E-state index in [1.807, 2.05) is 16.8 Å². The van der Waals surface area contributed by atoms with Crippen LogP contribution in [0.4, 0.5) is 0 Å². The second kappa shape index (κ2) is 2.59. The van der Waals surface area contributed by atoms with Crippen LogP contribution in [-0.2, 0) is 5.41 Å². The molecule has 2 nitrogen and oxygen atoms in total. The van der Waals surface area contributed by atoms with Crippen LogP contribution < -0.4 is 0 Å². The van der Waals surface area contributed by atoms with Crippen molar-refractivity contribution in [1.82, 2.24) is 9.61 Å². The maximum Gasteiger partial charge on any atom is 0.0650 e. The van der Waals surface area contributed by atoms with Crippen LogP contribution in [0, 0.1) is 0 Å². The second-order valence-corrected chi connectivity index (χ2v) is 4.33. The van der Waals surface area contributed by atoms with Crippen LogP contribution in [0.1, 0.15) is 26.5 Å². The van der Waals surface area contributed by atoms with E-state index in [4.69, 9.17) is 0 Å². The number of hydrogen-bond acceptors (Lipinski definition) is 1. The van der Waals surface area contributed by atoms with Gasteiger partial charge in [0.2, 0.25) is 0 Å². The molecule has 2 heteroatoms. The van der Waals surface area contributed by atoms with E-state index >= 15 is 0 Å². The molecule has 68 valence electrons. The molecule has 0 N–H and O–H groups in total. The van der Waals surface area contributed by atoms with Gasteiger partial charge in [-0.25, -0.2) is 4.52 Å². The molecule has 0 aliphatic heterocycles. The van der Waals surface area contributed by atoms with Crippen LogP contribution in [0.15, 0.2) is 30.5 Å². The molecule has 0 unspecified atom stereocenters. The van der Waals surface area contributed by atoms with Crippen LogP contribution in [0.25, 0.3) is 5.52 Å². The molecule has 2 rings (SSSR count). The van der Waals surface area contributed by atoms with Crippen LogP contribution in [0.2, 0.25) is 0 Å². The van der Waals surface area contributed by atoms with E-state index in [0.29, 0.717) is 0 Å². The van der Waals surface area contributed by atoms with Gasteiger partial charge in [0.15, 0.2) is 0 Å². The summed E-state index contributed by atoms with van der Waals surface area (Å²) in [6.07, 6.45) is 1.82. The average Bonchev–Trinajstić information content (AvgIpc) is 2.45. The summed E-state index contributed by atoms with van der Waals surface area (Å²) in [7, 11) is 0. The highest BCUT2D eigenvalue weighted by atomic mass is 15.2. The summed E-state index contributed by atoms with van der Waals surface area (Å²) in [6.45, 7) is 6.59. The van der Waals surface area contributed by atoms with Crippen molar-refractivity contribution in [2.75, 3.05) is 0 Å². The van der Waals surface area contributed by atoms with Gasteiger partial charge in [-0.3, -0.25) is 0 Å². The Labute approximate surface area is 78.2 Å². The summed E-state index contributed by atoms with van der Waals surface area (Å²) in [6, 6.07) is 8.28. The predicted molar refractivity (Wildman–Crippen MR) is 53.9 cm³/mol. The normalized spacial score (nSPS) is 12.2. The number of rotatable bonds is 0. The minimum Gasteiger partial charge on any atom is -0.237 e. The molecule has 2 aromatic rings. The van der Waals surface area contributed by atoms with Crippen LogP contribution >= 0.6 is 0 Å². The van der Waals surface area contributed by atoms with Gasteiger partial charge in [-0.2, -0.15) is 5.10 Å². The molecule has 0 saturated heterocycles. The SMILES string of the molecule is CC(C)(C)c1ccc2cccnn12. The lowest BCUT2D eigenvalue weighted by Crippen LogP contribution is -2.15. The van der Waals surface area contributed by atoms with Crippen molar-refractivity contribution in [2.45, 2.75) is 26.2 Å². The topological polar surface area (TPSA) is 17.3 Å². The van der Waals surface area contributed by atoms with E-state index in [9.17, 15) is 0 Å². The molecule has 0 amide bonds. The van der Waals surface area contributed by atoms with Crippen molar-refractivity contribution in [3.63, 3.8) is 0 Å². The third kappa shape index (κ3) is 1.32. The van der Waals surface area contributed by atoms with Crippen molar-refractivity contribution in [1.29, 1.82) is 0 Å². The Balaban J connectivity index is 2.72. The van der Waals surface area contributed by atoms with Crippen LogP contribution in [0.5, 0.6) is 0 Å². The molecule has 0 fully saturated rings. The Morgan fingerprint density at radius 2 is 1.92 bits per heavy atom. The van der Waals surface area contributed by atoms with Crippen molar-refractivity contribution in [2.24, 2.45) is 0 Å². The van der Waals surface area contributed by atoms with Gasteiger partial charge in [0.05, 0.1) is 5.52 Å². The molecule has 0 atom stereocenters. The first kappa shape index (κ1) is 8.30. The Morgan fingerprint density at radius 1 is 1.15 bits per heavy atom. The zero-order valence-corrected chi connectivity index (χ0v) is 8.28. The molecule has 0 spiro atoms. The zero-order chi connectivity index (χ0) is 9.47. The van der Waals surface area contributed by atoms with E-state index in [0.717, 1.165) is 5.52 Å². The van der Waals surface area contributed by atoms with Gasteiger partial charge in [-0.05, 0) is 24.3 Å². The average molecular weight is 174 g/mol. The minimum absolute atomic E-state index is 0.154. The molecule has 0 aliphatic carbocycles. The van der Waals surface area contributed by atoms with Crippen molar-refractivity contribution >= 4 is 5.52 Å². The van der Waals surface area contributed by atoms with Gasteiger partial charge in [-0.15, -0.1) is 0 Å². The standard InChI is InChI=1S/C11H14N2/c1-11(2,3)10-7-6-9-5-4-8-12-13(9)10/h4-8H,1-3H3. The quantitative estimate of drug-likeness (QED) is 0.600. The molecular weight excluding hydrogens is 160 g/mol.